The molecule has 0 radical (unpaired) electrons. The fourth-order valence-electron chi connectivity index (χ4n) is 0.923. The Hall–Kier alpha value is -1.25. The standard InChI is InChI=1S/C9H15N3/c1-3-6-11-9-5-4-8(10)7(2)12-9/h4-5H,3,6,10H2,1-2H3,(H,11,12). The number of nitrogens with one attached hydrogen (secondary N) is 1. The molecule has 1 rings (SSSR count). The number of aryl methyl sites for hydroxylation is 1. The van der Waals surface area contributed by atoms with Crippen molar-refractivity contribution in [3.63, 3.8) is 0 Å². The van der Waals surface area contributed by atoms with Crippen LogP contribution in [0.3, 0.4) is 0 Å². The van der Waals surface area contributed by atoms with Crippen molar-refractivity contribution in [3.8, 4) is 0 Å². The molecule has 3 heteroatoms. The molecule has 0 aliphatic carbocycles. The smallest absolute Gasteiger partial charge is 0.126 e. The maximum absolute atomic E-state index is 5.63. The summed E-state index contributed by atoms with van der Waals surface area (Å²) in [4.78, 5) is 4.27. The Labute approximate surface area is 73.0 Å². The van der Waals surface area contributed by atoms with Gasteiger partial charge in [0.05, 0.1) is 11.4 Å². The number of hydrogen-bond donors (Lipinski definition) is 2. The summed E-state index contributed by atoms with van der Waals surface area (Å²) >= 11 is 0. The second-order valence-electron chi connectivity index (χ2n) is 2.80. The fourth-order valence-corrected chi connectivity index (χ4v) is 0.923. The van der Waals surface area contributed by atoms with Gasteiger partial charge in [0.1, 0.15) is 5.82 Å². The number of anilines is 2. The van der Waals surface area contributed by atoms with E-state index in [4.69, 9.17) is 5.73 Å². The van der Waals surface area contributed by atoms with Crippen molar-refractivity contribution in [3.05, 3.63) is 17.8 Å². The van der Waals surface area contributed by atoms with E-state index >= 15 is 0 Å². The first-order valence-corrected chi connectivity index (χ1v) is 4.21. The zero-order valence-electron chi connectivity index (χ0n) is 7.59. The third-order valence-corrected chi connectivity index (χ3v) is 1.68. The average molecular weight is 165 g/mol. The first-order chi connectivity index (χ1) is 5.74. The lowest BCUT2D eigenvalue weighted by atomic mass is 10.3. The zero-order chi connectivity index (χ0) is 8.97. The average Bonchev–Trinajstić information content (AvgIpc) is 2.07. The van der Waals surface area contributed by atoms with Crippen molar-refractivity contribution in [2.24, 2.45) is 0 Å². The van der Waals surface area contributed by atoms with E-state index in [1.54, 1.807) is 0 Å². The van der Waals surface area contributed by atoms with E-state index in [0.29, 0.717) is 0 Å². The van der Waals surface area contributed by atoms with E-state index in [9.17, 15) is 0 Å². The van der Waals surface area contributed by atoms with Gasteiger partial charge in [0.15, 0.2) is 0 Å². The van der Waals surface area contributed by atoms with Crippen LogP contribution in [0.25, 0.3) is 0 Å². The minimum Gasteiger partial charge on any atom is -0.397 e. The highest BCUT2D eigenvalue weighted by molar-refractivity contribution is 5.48. The molecule has 3 nitrogen and oxygen atoms in total. The molecule has 0 aliphatic rings. The minimum absolute atomic E-state index is 0.747. The summed E-state index contributed by atoms with van der Waals surface area (Å²) in [5.41, 5.74) is 7.26. The van der Waals surface area contributed by atoms with Crippen LogP contribution >= 0.6 is 0 Å². The van der Waals surface area contributed by atoms with Gasteiger partial charge in [-0.3, -0.25) is 0 Å². The highest BCUT2D eigenvalue weighted by Gasteiger charge is 1.96. The topological polar surface area (TPSA) is 50.9 Å². The SMILES string of the molecule is CCCNc1ccc(N)c(C)n1. The summed E-state index contributed by atoms with van der Waals surface area (Å²) < 4.78 is 0. The van der Waals surface area contributed by atoms with Crippen molar-refractivity contribution >= 4 is 11.5 Å². The quantitative estimate of drug-likeness (QED) is 0.718. The van der Waals surface area contributed by atoms with E-state index in [1.165, 1.54) is 0 Å². The van der Waals surface area contributed by atoms with Gasteiger partial charge in [-0.2, -0.15) is 0 Å². The molecule has 0 aromatic carbocycles. The summed E-state index contributed by atoms with van der Waals surface area (Å²) in [6.45, 7) is 4.99. The number of nitrogens with zero attached hydrogens (tertiary/aromatic N) is 1. The van der Waals surface area contributed by atoms with Gasteiger partial charge < -0.3 is 11.1 Å². The number of nitrogen functional groups attached to an aromatic ring is 1. The molecule has 66 valence electrons. The molecule has 0 saturated carbocycles. The van der Waals surface area contributed by atoms with Crippen LogP contribution in [0.1, 0.15) is 19.0 Å². The Morgan fingerprint density at radius 1 is 1.50 bits per heavy atom. The van der Waals surface area contributed by atoms with Crippen LogP contribution in [-0.2, 0) is 0 Å². The summed E-state index contributed by atoms with van der Waals surface area (Å²) in [5.74, 6) is 0.906. The molecule has 0 spiro atoms. The molecule has 3 N–H and O–H groups in total. The van der Waals surface area contributed by atoms with Crippen molar-refractivity contribution in [2.75, 3.05) is 17.6 Å². The molecule has 0 amide bonds. The summed E-state index contributed by atoms with van der Waals surface area (Å²) in [7, 11) is 0. The van der Waals surface area contributed by atoms with Crippen LogP contribution in [0.15, 0.2) is 12.1 Å². The molecule has 0 atom stereocenters. The van der Waals surface area contributed by atoms with Gasteiger partial charge in [-0.15, -0.1) is 0 Å². The van der Waals surface area contributed by atoms with Crippen LogP contribution in [0.2, 0.25) is 0 Å². The molecule has 1 aromatic heterocycles. The lowest BCUT2D eigenvalue weighted by Crippen LogP contribution is -2.03. The van der Waals surface area contributed by atoms with E-state index < -0.39 is 0 Å². The number of aromatic nitrogens is 1. The third kappa shape index (κ3) is 2.12. The summed E-state index contributed by atoms with van der Waals surface area (Å²) in [6.07, 6.45) is 1.10. The largest absolute Gasteiger partial charge is 0.397 e. The highest BCUT2D eigenvalue weighted by atomic mass is 15.0. The van der Waals surface area contributed by atoms with Crippen LogP contribution in [0.5, 0.6) is 0 Å². The van der Waals surface area contributed by atoms with E-state index in [2.05, 4.69) is 17.2 Å². The molecule has 1 aromatic rings. The molecule has 0 unspecified atom stereocenters. The minimum atomic E-state index is 0.747. The lowest BCUT2D eigenvalue weighted by Gasteiger charge is -2.05. The number of hydrogen-bond acceptors (Lipinski definition) is 3. The van der Waals surface area contributed by atoms with Crippen LogP contribution in [0, 0.1) is 6.92 Å². The molecule has 0 fully saturated rings. The van der Waals surface area contributed by atoms with Crippen LogP contribution in [-0.4, -0.2) is 11.5 Å². The maximum atomic E-state index is 5.63. The van der Waals surface area contributed by atoms with Crippen molar-refractivity contribution in [1.82, 2.24) is 4.98 Å². The summed E-state index contributed by atoms with van der Waals surface area (Å²) in [5, 5.41) is 3.20. The second-order valence-corrected chi connectivity index (χ2v) is 2.80. The molecular formula is C9H15N3. The first-order valence-electron chi connectivity index (χ1n) is 4.21. The van der Waals surface area contributed by atoms with Gasteiger partial charge >= 0.3 is 0 Å². The fraction of sp³-hybridized carbons (Fsp3) is 0.444. The van der Waals surface area contributed by atoms with E-state index in [0.717, 1.165) is 30.2 Å². The molecule has 12 heavy (non-hydrogen) atoms. The van der Waals surface area contributed by atoms with Gasteiger partial charge in [0.2, 0.25) is 0 Å². The van der Waals surface area contributed by atoms with Gasteiger partial charge in [-0.25, -0.2) is 4.98 Å². The highest BCUT2D eigenvalue weighted by Crippen LogP contribution is 2.11. The van der Waals surface area contributed by atoms with Crippen molar-refractivity contribution < 1.29 is 0 Å². The summed E-state index contributed by atoms with van der Waals surface area (Å²) in [6, 6.07) is 3.78. The number of nitrogens with two attached hydrogens (primary N) is 1. The maximum Gasteiger partial charge on any atom is 0.126 e. The molecular weight excluding hydrogens is 150 g/mol. The van der Waals surface area contributed by atoms with Crippen LogP contribution in [0.4, 0.5) is 11.5 Å². The Morgan fingerprint density at radius 2 is 2.25 bits per heavy atom. The predicted octanol–water partition coefficient (Wildman–Crippen LogP) is 1.79. The van der Waals surface area contributed by atoms with Crippen molar-refractivity contribution in [1.29, 1.82) is 0 Å². The zero-order valence-corrected chi connectivity index (χ0v) is 7.59. The predicted molar refractivity (Wildman–Crippen MR) is 52.2 cm³/mol. The number of rotatable bonds is 3. The van der Waals surface area contributed by atoms with Gasteiger partial charge in [0.25, 0.3) is 0 Å². The Morgan fingerprint density at radius 3 is 2.83 bits per heavy atom. The van der Waals surface area contributed by atoms with Gasteiger partial charge in [-0.1, -0.05) is 6.92 Å². The van der Waals surface area contributed by atoms with E-state index in [1.807, 2.05) is 19.1 Å². The monoisotopic (exact) mass is 165 g/mol. The Balaban J connectivity index is 2.69. The lowest BCUT2D eigenvalue weighted by molar-refractivity contribution is 0.966. The second kappa shape index (κ2) is 3.95. The van der Waals surface area contributed by atoms with Gasteiger partial charge in [0, 0.05) is 6.54 Å². The van der Waals surface area contributed by atoms with Gasteiger partial charge in [-0.05, 0) is 25.5 Å². The molecule has 0 bridgehead atoms. The first kappa shape index (κ1) is 8.84. The molecule has 0 aliphatic heterocycles. The third-order valence-electron chi connectivity index (χ3n) is 1.68. The van der Waals surface area contributed by atoms with Crippen molar-refractivity contribution in [2.45, 2.75) is 20.3 Å². The Kier molecular flexibility index (Phi) is 2.91. The van der Waals surface area contributed by atoms with Crippen LogP contribution < -0.4 is 11.1 Å². The molecule has 1 heterocycles. The normalized spacial score (nSPS) is 9.83. The van der Waals surface area contributed by atoms with E-state index in [-0.39, 0.29) is 0 Å². The Bertz CT molecular complexity index is 258. The number of pyridine rings is 1. The molecule has 0 saturated heterocycles.